The number of para-hydroxylation sites is 2. The van der Waals surface area contributed by atoms with Crippen LogP contribution in [0.4, 0.5) is 11.4 Å². The molecule has 2 heterocycles. The summed E-state index contributed by atoms with van der Waals surface area (Å²) in [4.78, 5) is 8.52. The van der Waals surface area contributed by atoms with Crippen molar-refractivity contribution in [1.29, 1.82) is 0 Å². The molecule has 4 rings (SSSR count). The summed E-state index contributed by atoms with van der Waals surface area (Å²) in [6.07, 6.45) is 18.2. The summed E-state index contributed by atoms with van der Waals surface area (Å²) in [5.41, 5.74) is 8.87. The number of hydrogen-bond donors (Lipinski definition) is 0. The second-order valence-electron chi connectivity index (χ2n) is 11.9. The largest absolute Gasteiger partial charge is 2.00 e. The van der Waals surface area contributed by atoms with Gasteiger partial charge in [-0.15, -0.1) is 24.3 Å². The van der Waals surface area contributed by atoms with E-state index in [0.717, 1.165) is 0 Å². The van der Waals surface area contributed by atoms with Crippen LogP contribution in [-0.4, -0.2) is 4.98 Å². The Labute approximate surface area is 294 Å². The average molecular weight is 721 g/mol. The molecule has 1 aliphatic rings. The zero-order valence-electron chi connectivity index (χ0n) is 28.9. The van der Waals surface area contributed by atoms with Crippen LogP contribution in [-0.2, 0) is 20.4 Å². The summed E-state index contributed by atoms with van der Waals surface area (Å²) in [5, 5.41) is 0.558. The number of nitrogens with zero attached hydrogens (tertiary/aromatic N) is 3. The third-order valence-electron chi connectivity index (χ3n) is 9.63. The second kappa shape index (κ2) is 20.2. The van der Waals surface area contributed by atoms with Crippen molar-refractivity contribution in [1.82, 2.24) is 4.98 Å². The molecule has 0 unspecified atom stereocenters. The number of rotatable bonds is 14. The van der Waals surface area contributed by atoms with E-state index in [1.165, 1.54) is 85.0 Å². The Bertz CT molecular complexity index is 1140. The van der Waals surface area contributed by atoms with Crippen LogP contribution in [0, 0.1) is 12.9 Å². The van der Waals surface area contributed by atoms with Crippen molar-refractivity contribution in [2.24, 2.45) is 0 Å². The molecule has 2 aromatic carbocycles. The zero-order valence-corrected chi connectivity index (χ0v) is 31.2. The van der Waals surface area contributed by atoms with Crippen LogP contribution >= 0.6 is 11.6 Å². The number of pyridine rings is 1. The Kier molecular flexibility index (Phi) is 17.5. The van der Waals surface area contributed by atoms with Crippen LogP contribution in [0.2, 0.25) is 5.02 Å². The van der Waals surface area contributed by atoms with E-state index in [0.29, 0.717) is 28.7 Å². The molecule has 3 nitrogen and oxygen atoms in total. The molecule has 0 aliphatic carbocycles. The van der Waals surface area contributed by atoms with E-state index in [-0.39, 0.29) is 20.4 Å². The zero-order chi connectivity index (χ0) is 32.1. The van der Waals surface area contributed by atoms with Gasteiger partial charge in [0.25, 0.3) is 0 Å². The van der Waals surface area contributed by atoms with Gasteiger partial charge in [-0.05, 0) is 110 Å². The Morgan fingerprint density at radius 1 is 0.578 bits per heavy atom. The molecule has 0 atom stereocenters. The summed E-state index contributed by atoms with van der Waals surface area (Å²) in [7, 11) is 0. The van der Waals surface area contributed by atoms with Crippen molar-refractivity contribution < 1.29 is 20.4 Å². The van der Waals surface area contributed by atoms with Crippen molar-refractivity contribution in [3.63, 3.8) is 0 Å². The van der Waals surface area contributed by atoms with Crippen molar-refractivity contribution in [3.8, 4) is 0 Å². The molecule has 5 heteroatoms. The van der Waals surface area contributed by atoms with Crippen molar-refractivity contribution in [2.75, 3.05) is 9.80 Å². The molecule has 3 aromatic rings. The molecular weight excluding hydrogens is 664 g/mol. The number of aromatic nitrogens is 1. The van der Waals surface area contributed by atoms with Gasteiger partial charge in [0.05, 0.1) is 0 Å². The fourth-order valence-corrected chi connectivity index (χ4v) is 7.04. The van der Waals surface area contributed by atoms with E-state index in [1.54, 1.807) is 18.3 Å². The maximum atomic E-state index is 5.42. The van der Waals surface area contributed by atoms with Crippen molar-refractivity contribution >= 4 is 23.0 Å². The summed E-state index contributed by atoms with van der Waals surface area (Å²) >= 11 is 5.42. The van der Waals surface area contributed by atoms with Crippen LogP contribution in [0.1, 0.15) is 153 Å². The Morgan fingerprint density at radius 3 is 1.13 bits per heavy atom. The van der Waals surface area contributed by atoms with Gasteiger partial charge in [-0.2, -0.15) is 6.07 Å². The molecule has 0 saturated heterocycles. The number of hydrogen-bond acceptors (Lipinski definition) is 3. The second-order valence-corrected chi connectivity index (χ2v) is 12.4. The molecule has 0 amide bonds. The quantitative estimate of drug-likeness (QED) is 0.122. The van der Waals surface area contributed by atoms with E-state index in [4.69, 9.17) is 11.6 Å². The first-order chi connectivity index (χ1) is 21.4. The molecule has 0 bridgehead atoms. The number of halogens is 1. The Morgan fingerprint density at radius 2 is 0.911 bits per heavy atom. The normalized spacial score (nSPS) is 12.7. The third-order valence-corrected chi connectivity index (χ3v) is 9.84. The first-order valence-corrected chi connectivity index (χ1v) is 17.6. The van der Waals surface area contributed by atoms with Gasteiger partial charge in [-0.25, -0.2) is 0 Å². The molecule has 248 valence electrons. The van der Waals surface area contributed by atoms with Crippen LogP contribution in [0.3, 0.4) is 0 Å². The predicted octanol–water partition coefficient (Wildman–Crippen LogP) is 12.8. The molecule has 0 fully saturated rings. The molecule has 1 aromatic heterocycles. The van der Waals surface area contributed by atoms with E-state index in [2.05, 4.69) is 132 Å². The van der Waals surface area contributed by atoms with Crippen molar-refractivity contribution in [3.05, 3.63) is 107 Å². The van der Waals surface area contributed by atoms with Gasteiger partial charge in [0.15, 0.2) is 0 Å². The van der Waals surface area contributed by atoms with Crippen LogP contribution in [0.25, 0.3) is 0 Å². The number of anilines is 2. The molecule has 0 saturated carbocycles. The van der Waals surface area contributed by atoms with Crippen molar-refractivity contribution in [2.45, 2.75) is 130 Å². The maximum absolute atomic E-state index is 5.42. The van der Waals surface area contributed by atoms with E-state index in [1.807, 2.05) is 0 Å². The fraction of sp³-hybridized carbons (Fsp3) is 0.500. The van der Waals surface area contributed by atoms with Gasteiger partial charge >= 0.3 is 20.4 Å². The monoisotopic (exact) mass is 719 g/mol. The Hall–Kier alpha value is -2.12. The van der Waals surface area contributed by atoms with Gasteiger partial charge in [-0.1, -0.05) is 109 Å². The average Bonchev–Trinajstić information content (AvgIpc) is 3.54. The number of benzene rings is 2. The molecule has 0 N–H and O–H groups in total. The standard InChI is InChI=1S/C35H53N2.C5H3ClN.Pd/c1-9-26(10-2)30-19-17-20-31(27(11-3)12-4)34(30)36-23-24-37(25-36)35-32(28(13-5)14-6)21-18-22-33(35)29(15-7)16-8;6-5-2-1-3-7-4-5;/h17-29H,9-16H2,1-8H3;1-3H;/q2*-1;+2. The topological polar surface area (TPSA) is 19.4 Å². The molecule has 0 radical (unpaired) electrons. The summed E-state index contributed by atoms with van der Waals surface area (Å²) in [6.45, 7) is 21.1. The summed E-state index contributed by atoms with van der Waals surface area (Å²) < 4.78 is 0. The van der Waals surface area contributed by atoms with Crippen LogP contribution in [0.5, 0.6) is 0 Å². The maximum Gasteiger partial charge on any atom is 2.00 e. The molecule has 45 heavy (non-hydrogen) atoms. The van der Waals surface area contributed by atoms with Gasteiger partial charge in [-0.3, -0.25) is 0 Å². The van der Waals surface area contributed by atoms with E-state index >= 15 is 0 Å². The third kappa shape index (κ3) is 9.70. The van der Waals surface area contributed by atoms with E-state index in [9.17, 15) is 0 Å². The minimum atomic E-state index is 0. The summed E-state index contributed by atoms with van der Waals surface area (Å²) in [6, 6.07) is 17.6. The summed E-state index contributed by atoms with van der Waals surface area (Å²) in [5.74, 6) is 2.32. The molecule has 0 spiro atoms. The molecular formula is C40H56ClN3Pd. The van der Waals surface area contributed by atoms with Crippen LogP contribution in [0.15, 0.2) is 67.1 Å². The minimum Gasteiger partial charge on any atom is -0.479 e. The van der Waals surface area contributed by atoms with Gasteiger partial charge in [0.2, 0.25) is 0 Å². The fourth-order valence-electron chi connectivity index (χ4n) is 6.91. The van der Waals surface area contributed by atoms with Gasteiger partial charge in [0, 0.05) is 11.4 Å². The predicted molar refractivity (Wildman–Crippen MR) is 193 cm³/mol. The minimum absolute atomic E-state index is 0. The van der Waals surface area contributed by atoms with Gasteiger partial charge in [0.1, 0.15) is 0 Å². The first kappa shape index (κ1) is 39.1. The smallest absolute Gasteiger partial charge is 0.479 e. The SMILES string of the molecule is CCC(CC)c1cccc(C(CC)CC)c1N1C=CN(c2c(C(CC)CC)cccc2C(CC)CC)[CH-]1.Clc1[c-]nccc1.[Pd+2]. The van der Waals surface area contributed by atoms with E-state index < -0.39 is 0 Å². The Balaban J connectivity index is 0.000000776. The van der Waals surface area contributed by atoms with Crippen LogP contribution < -0.4 is 9.80 Å². The van der Waals surface area contributed by atoms with Gasteiger partial charge < -0.3 is 14.8 Å². The molecule has 1 aliphatic heterocycles. The first-order valence-electron chi connectivity index (χ1n) is 17.3.